The van der Waals surface area contributed by atoms with Crippen LogP contribution in [0.25, 0.3) is 0 Å². The average Bonchev–Trinajstić information content (AvgIpc) is 3.04. The van der Waals surface area contributed by atoms with E-state index in [1.54, 1.807) is 6.42 Å². The number of nitrogens with one attached hydrogen (secondary N) is 1. The molecular formula is C18H31N. The molecule has 108 valence electrons. The van der Waals surface area contributed by atoms with Gasteiger partial charge < -0.3 is 5.32 Å². The molecule has 5 fully saturated rings. The first kappa shape index (κ1) is 12.7. The van der Waals surface area contributed by atoms with Crippen LogP contribution < -0.4 is 5.32 Å². The molecule has 5 rings (SSSR count). The lowest BCUT2D eigenvalue weighted by molar-refractivity contribution is -0.150. The first-order chi connectivity index (χ1) is 8.93. The molecule has 3 unspecified atom stereocenters. The molecule has 19 heavy (non-hydrogen) atoms. The third-order valence-corrected chi connectivity index (χ3v) is 6.96. The molecule has 0 saturated heterocycles. The molecule has 1 heteroatoms. The van der Waals surface area contributed by atoms with E-state index < -0.39 is 0 Å². The van der Waals surface area contributed by atoms with Crippen molar-refractivity contribution in [3.8, 4) is 0 Å². The first-order valence-electron chi connectivity index (χ1n) is 8.61. The van der Waals surface area contributed by atoms with E-state index in [9.17, 15) is 0 Å². The summed E-state index contributed by atoms with van der Waals surface area (Å²) in [4.78, 5) is 0. The summed E-state index contributed by atoms with van der Waals surface area (Å²) >= 11 is 0. The summed E-state index contributed by atoms with van der Waals surface area (Å²) in [5.41, 5.74) is 2.09. The van der Waals surface area contributed by atoms with Gasteiger partial charge in [-0.3, -0.25) is 0 Å². The zero-order chi connectivity index (χ0) is 13.3. The van der Waals surface area contributed by atoms with Crippen LogP contribution in [-0.4, -0.2) is 13.1 Å². The van der Waals surface area contributed by atoms with E-state index in [1.165, 1.54) is 51.4 Å². The predicted octanol–water partition coefficient (Wildman–Crippen LogP) is 4.37. The van der Waals surface area contributed by atoms with E-state index in [2.05, 4.69) is 26.2 Å². The van der Waals surface area contributed by atoms with Crippen LogP contribution in [0.15, 0.2) is 0 Å². The van der Waals surface area contributed by atoms with Crippen LogP contribution >= 0.6 is 0 Å². The lowest BCUT2D eigenvalue weighted by atomic mass is 9.39. The van der Waals surface area contributed by atoms with Gasteiger partial charge in [0.15, 0.2) is 0 Å². The highest BCUT2D eigenvalue weighted by Gasteiger charge is 2.60. The Labute approximate surface area is 118 Å². The standard InChI is InChI=1S/C18H31N/c1-16-6-13-7-17(2,10-16)12-18(8-13,11-16)9-15(19-3)14-4-5-14/h13-15,19H,4-12H2,1-3H3. The Morgan fingerprint density at radius 1 is 1.00 bits per heavy atom. The highest BCUT2D eigenvalue weighted by Crippen LogP contribution is 2.70. The highest BCUT2D eigenvalue weighted by molar-refractivity contribution is 5.11. The minimum Gasteiger partial charge on any atom is -0.317 e. The summed E-state index contributed by atoms with van der Waals surface area (Å²) in [5.74, 6) is 2.07. The minimum atomic E-state index is 0.690. The Hall–Kier alpha value is -0.0400. The van der Waals surface area contributed by atoms with E-state index >= 15 is 0 Å². The van der Waals surface area contributed by atoms with Gasteiger partial charge in [0.05, 0.1) is 0 Å². The Bertz CT molecular complexity index is 365. The second kappa shape index (κ2) is 3.78. The maximum absolute atomic E-state index is 3.66. The van der Waals surface area contributed by atoms with Crippen LogP contribution in [0, 0.1) is 28.1 Å². The van der Waals surface area contributed by atoms with Gasteiger partial charge in [-0.1, -0.05) is 13.8 Å². The van der Waals surface area contributed by atoms with Gasteiger partial charge in [0, 0.05) is 6.04 Å². The minimum absolute atomic E-state index is 0.690. The van der Waals surface area contributed by atoms with Gasteiger partial charge in [0.1, 0.15) is 0 Å². The van der Waals surface area contributed by atoms with E-state index in [1.807, 2.05) is 0 Å². The SMILES string of the molecule is CNC(CC12CC3CC(C)(CC(C)(C3)C1)C2)C1CC1. The quantitative estimate of drug-likeness (QED) is 0.792. The van der Waals surface area contributed by atoms with Gasteiger partial charge in [0.2, 0.25) is 0 Å². The van der Waals surface area contributed by atoms with Gasteiger partial charge >= 0.3 is 0 Å². The van der Waals surface area contributed by atoms with Crippen molar-refractivity contribution in [3.63, 3.8) is 0 Å². The molecule has 3 atom stereocenters. The Morgan fingerprint density at radius 3 is 2.11 bits per heavy atom. The normalized spacial score (nSPS) is 53.5. The van der Waals surface area contributed by atoms with Crippen molar-refractivity contribution in [2.75, 3.05) is 7.05 Å². The average molecular weight is 261 g/mol. The predicted molar refractivity (Wildman–Crippen MR) is 80.0 cm³/mol. The molecule has 0 aliphatic heterocycles. The Balaban J connectivity index is 1.59. The molecule has 0 radical (unpaired) electrons. The zero-order valence-corrected chi connectivity index (χ0v) is 13.1. The largest absolute Gasteiger partial charge is 0.317 e. The fourth-order valence-electron chi connectivity index (χ4n) is 7.38. The van der Waals surface area contributed by atoms with Crippen LogP contribution in [0.1, 0.15) is 71.6 Å². The summed E-state index contributed by atoms with van der Waals surface area (Å²) in [6, 6.07) is 0.823. The number of rotatable bonds is 4. The highest BCUT2D eigenvalue weighted by atomic mass is 14.9. The summed E-state index contributed by atoms with van der Waals surface area (Å²) in [6.07, 6.45) is 13.7. The second-order valence-corrected chi connectivity index (χ2v) is 9.57. The molecule has 0 aromatic heterocycles. The third-order valence-electron chi connectivity index (χ3n) is 6.96. The monoisotopic (exact) mass is 261 g/mol. The van der Waals surface area contributed by atoms with Gasteiger partial charge in [-0.15, -0.1) is 0 Å². The molecule has 1 nitrogen and oxygen atoms in total. The molecule has 0 aromatic rings. The lowest BCUT2D eigenvalue weighted by Crippen LogP contribution is -2.56. The van der Waals surface area contributed by atoms with Crippen LogP contribution in [0.5, 0.6) is 0 Å². The van der Waals surface area contributed by atoms with Gasteiger partial charge in [0.25, 0.3) is 0 Å². The van der Waals surface area contributed by atoms with Gasteiger partial charge in [-0.2, -0.15) is 0 Å². The topological polar surface area (TPSA) is 12.0 Å². The Kier molecular flexibility index (Phi) is 2.52. The summed E-state index contributed by atoms with van der Waals surface area (Å²) in [5, 5.41) is 3.66. The molecule has 0 heterocycles. The van der Waals surface area contributed by atoms with Crippen molar-refractivity contribution in [1.82, 2.24) is 5.32 Å². The van der Waals surface area contributed by atoms with E-state index in [0.29, 0.717) is 16.2 Å². The molecular weight excluding hydrogens is 230 g/mol. The van der Waals surface area contributed by atoms with E-state index in [0.717, 1.165) is 17.9 Å². The maximum Gasteiger partial charge on any atom is 0.00976 e. The number of hydrogen-bond donors (Lipinski definition) is 1. The van der Waals surface area contributed by atoms with Crippen LogP contribution in [-0.2, 0) is 0 Å². The number of hydrogen-bond acceptors (Lipinski definition) is 1. The molecule has 5 aliphatic rings. The van der Waals surface area contributed by atoms with Crippen LogP contribution in [0.2, 0.25) is 0 Å². The molecule has 1 N–H and O–H groups in total. The smallest absolute Gasteiger partial charge is 0.00976 e. The van der Waals surface area contributed by atoms with Crippen molar-refractivity contribution in [3.05, 3.63) is 0 Å². The van der Waals surface area contributed by atoms with Gasteiger partial charge in [-0.25, -0.2) is 0 Å². The Morgan fingerprint density at radius 2 is 1.63 bits per heavy atom. The summed E-state index contributed by atoms with van der Waals surface area (Å²) < 4.78 is 0. The fourth-order valence-corrected chi connectivity index (χ4v) is 7.38. The first-order valence-corrected chi connectivity index (χ1v) is 8.61. The molecule has 4 bridgehead atoms. The van der Waals surface area contributed by atoms with Crippen molar-refractivity contribution in [1.29, 1.82) is 0 Å². The zero-order valence-electron chi connectivity index (χ0n) is 13.1. The molecule has 5 saturated carbocycles. The maximum atomic E-state index is 3.66. The van der Waals surface area contributed by atoms with Crippen LogP contribution in [0.3, 0.4) is 0 Å². The summed E-state index contributed by atoms with van der Waals surface area (Å²) in [7, 11) is 2.20. The molecule has 0 amide bonds. The lowest BCUT2D eigenvalue weighted by Gasteiger charge is -2.66. The van der Waals surface area contributed by atoms with Crippen molar-refractivity contribution in [2.24, 2.45) is 28.1 Å². The van der Waals surface area contributed by atoms with Crippen LogP contribution in [0.4, 0.5) is 0 Å². The van der Waals surface area contributed by atoms with Crippen molar-refractivity contribution < 1.29 is 0 Å². The van der Waals surface area contributed by atoms with E-state index in [-0.39, 0.29) is 0 Å². The van der Waals surface area contributed by atoms with Crippen molar-refractivity contribution >= 4 is 0 Å². The summed E-state index contributed by atoms with van der Waals surface area (Å²) in [6.45, 7) is 5.21. The third kappa shape index (κ3) is 2.07. The second-order valence-electron chi connectivity index (χ2n) is 9.57. The molecule has 0 aromatic carbocycles. The molecule has 0 spiro atoms. The van der Waals surface area contributed by atoms with Crippen molar-refractivity contribution in [2.45, 2.75) is 77.7 Å². The molecule has 5 aliphatic carbocycles. The van der Waals surface area contributed by atoms with E-state index in [4.69, 9.17) is 0 Å². The fraction of sp³-hybridized carbons (Fsp3) is 1.00. The van der Waals surface area contributed by atoms with Gasteiger partial charge in [-0.05, 0) is 92.9 Å².